The fourth-order valence-corrected chi connectivity index (χ4v) is 23.0. The Morgan fingerprint density at radius 3 is 1.95 bits per heavy atom. The van der Waals surface area contributed by atoms with Gasteiger partial charge < -0.3 is 56.3 Å². The second-order valence-electron chi connectivity index (χ2n) is 24.1. The largest absolute Gasteiger partial charge is 0.414 e. The highest BCUT2D eigenvalue weighted by atomic mass is 28.4. The Morgan fingerprint density at radius 2 is 1.32 bits per heavy atom. The van der Waals surface area contributed by atoms with Gasteiger partial charge in [-0.25, -0.2) is 0 Å². The molecule has 0 aliphatic carbocycles. The standard InChI is InChI=1S/C60H106O12Si3/c1-16-27-43(61)35-47-51(66-52(54(47)62-15)36-46(71-74(21-6,22-7)23-8)39-63-73(18-3,19-4)20-5)37-50-42(14)40(12)33-44(65-50)29-30-48-41(13)34-45(64-48)31-32-60-38-53-55(69-60)57-58(68-53)59(70-60)56(49(67-57)28-17-2)72-75(24-9,25-10)26-11/h16-17,40,43-59,61H,1-2,13-14,18-39H2,3-12,15H3/t40?,43-,44?,45?,46?,47?,48?,49-,50?,51-,52+,53+,54+,55?,56?,57-,58+,59?,60?/m0/s1. The lowest BCUT2D eigenvalue weighted by Crippen LogP contribution is -2.62. The lowest BCUT2D eigenvalue weighted by Gasteiger charge is -2.47. The van der Waals surface area contributed by atoms with Crippen LogP contribution in [0.15, 0.2) is 49.6 Å². The van der Waals surface area contributed by atoms with Crippen LogP contribution < -0.4 is 0 Å². The van der Waals surface area contributed by atoms with Gasteiger partial charge in [0.15, 0.2) is 30.7 Å². The van der Waals surface area contributed by atoms with Gasteiger partial charge in [0.25, 0.3) is 0 Å². The van der Waals surface area contributed by atoms with Gasteiger partial charge in [0.05, 0.1) is 73.8 Å². The maximum Gasteiger partial charge on any atom is 0.192 e. The minimum Gasteiger partial charge on any atom is -0.414 e. The number of aliphatic hydroxyl groups excluding tert-OH is 1. The van der Waals surface area contributed by atoms with E-state index in [4.69, 9.17) is 51.2 Å². The molecular weight excluding hydrogens is 997 g/mol. The Labute approximate surface area is 458 Å². The molecule has 8 heterocycles. The number of aliphatic hydroxyl groups is 1. The average molecular weight is 1100 g/mol. The first kappa shape index (κ1) is 61.7. The first-order chi connectivity index (χ1) is 36.0. The molecule has 75 heavy (non-hydrogen) atoms. The van der Waals surface area contributed by atoms with Crippen molar-refractivity contribution in [1.29, 1.82) is 0 Å². The molecule has 430 valence electrons. The topological polar surface area (TPSA) is 122 Å². The van der Waals surface area contributed by atoms with Crippen molar-refractivity contribution in [1.82, 2.24) is 0 Å². The summed E-state index contributed by atoms with van der Waals surface area (Å²) in [6.07, 6.45) is 9.92. The molecule has 8 aliphatic heterocycles. The molecule has 15 heteroatoms. The normalized spacial score (nSPS) is 37.6. The molecule has 0 aromatic heterocycles. The molecule has 0 aromatic carbocycles. The molecule has 0 radical (unpaired) electrons. The van der Waals surface area contributed by atoms with E-state index in [0.717, 1.165) is 97.6 Å². The second-order valence-corrected chi connectivity index (χ2v) is 38.3. The smallest absolute Gasteiger partial charge is 0.192 e. The van der Waals surface area contributed by atoms with Gasteiger partial charge in [0.2, 0.25) is 0 Å². The van der Waals surface area contributed by atoms with E-state index in [1.165, 1.54) is 0 Å². The van der Waals surface area contributed by atoms with Crippen molar-refractivity contribution >= 4 is 25.0 Å². The van der Waals surface area contributed by atoms with Crippen molar-refractivity contribution in [3.8, 4) is 0 Å². The summed E-state index contributed by atoms with van der Waals surface area (Å²) >= 11 is 0. The summed E-state index contributed by atoms with van der Waals surface area (Å²) in [7, 11) is -4.07. The van der Waals surface area contributed by atoms with E-state index < -0.39 is 36.8 Å². The second kappa shape index (κ2) is 27.3. The first-order valence-electron chi connectivity index (χ1n) is 30.4. The van der Waals surface area contributed by atoms with Crippen molar-refractivity contribution in [2.75, 3.05) is 13.7 Å². The Balaban J connectivity index is 0.987. The van der Waals surface area contributed by atoms with Gasteiger partial charge in [0.1, 0.15) is 30.5 Å². The van der Waals surface area contributed by atoms with E-state index in [-0.39, 0.29) is 103 Å². The van der Waals surface area contributed by atoms with E-state index in [2.05, 4.69) is 95.6 Å². The highest BCUT2D eigenvalue weighted by molar-refractivity contribution is 6.74. The van der Waals surface area contributed by atoms with Gasteiger partial charge in [-0.15, -0.1) is 13.2 Å². The van der Waals surface area contributed by atoms with Crippen LogP contribution in [-0.4, -0.2) is 147 Å². The van der Waals surface area contributed by atoms with Gasteiger partial charge in [0, 0.05) is 38.7 Å². The zero-order valence-electron chi connectivity index (χ0n) is 48.9. The Morgan fingerprint density at radius 1 is 0.680 bits per heavy atom. The zero-order chi connectivity index (χ0) is 54.3. The van der Waals surface area contributed by atoms with Crippen LogP contribution in [0.2, 0.25) is 54.4 Å². The summed E-state index contributed by atoms with van der Waals surface area (Å²) in [5, 5.41) is 11.3. The van der Waals surface area contributed by atoms with Crippen molar-refractivity contribution in [2.24, 2.45) is 11.8 Å². The third-order valence-electron chi connectivity index (χ3n) is 20.2. The summed E-state index contributed by atoms with van der Waals surface area (Å²) in [4.78, 5) is 0. The lowest BCUT2D eigenvalue weighted by atomic mass is 9.81. The molecular formula is C60H106O12Si3. The predicted molar refractivity (Wildman–Crippen MR) is 307 cm³/mol. The lowest BCUT2D eigenvalue weighted by molar-refractivity contribution is -0.271. The average Bonchev–Trinajstić information content (AvgIpc) is 4.11. The molecule has 0 spiro atoms. The summed E-state index contributed by atoms with van der Waals surface area (Å²) in [6.45, 7) is 40.7. The van der Waals surface area contributed by atoms with Gasteiger partial charge in [-0.1, -0.05) is 94.5 Å². The Hall–Kier alpha value is -0.869. The third kappa shape index (κ3) is 13.7. The minimum absolute atomic E-state index is 0.0305. The van der Waals surface area contributed by atoms with Crippen molar-refractivity contribution in [2.45, 2.75) is 304 Å². The summed E-state index contributed by atoms with van der Waals surface area (Å²) in [6, 6.07) is 9.66. The molecule has 0 saturated carbocycles. The first-order valence-corrected chi connectivity index (χ1v) is 38.0. The molecule has 8 saturated heterocycles. The molecule has 19 atom stereocenters. The fraction of sp³-hybridized carbons (Fsp3) is 0.867. The van der Waals surface area contributed by atoms with Crippen LogP contribution in [0.4, 0.5) is 0 Å². The zero-order valence-corrected chi connectivity index (χ0v) is 51.9. The predicted octanol–water partition coefficient (Wildman–Crippen LogP) is 12.9. The highest BCUT2D eigenvalue weighted by Crippen LogP contribution is 2.54. The quantitative estimate of drug-likeness (QED) is 0.0497. The molecule has 8 aliphatic rings. The van der Waals surface area contributed by atoms with Gasteiger partial charge in [-0.3, -0.25) is 0 Å². The molecule has 0 amide bonds. The minimum atomic E-state index is -2.01. The summed E-state index contributed by atoms with van der Waals surface area (Å²) in [5.41, 5.74) is 2.27. The van der Waals surface area contributed by atoms with E-state index in [1.54, 1.807) is 13.2 Å². The Kier molecular flexibility index (Phi) is 22.4. The molecule has 1 N–H and O–H groups in total. The molecule has 0 aromatic rings. The van der Waals surface area contributed by atoms with Crippen LogP contribution in [0.5, 0.6) is 0 Å². The highest BCUT2D eigenvalue weighted by Gasteiger charge is 2.68. The van der Waals surface area contributed by atoms with Crippen LogP contribution >= 0.6 is 0 Å². The molecule has 6 bridgehead atoms. The Bertz CT molecular complexity index is 1820. The van der Waals surface area contributed by atoms with Gasteiger partial charge in [-0.2, -0.15) is 0 Å². The molecule has 8 fully saturated rings. The van der Waals surface area contributed by atoms with E-state index in [9.17, 15) is 5.11 Å². The van der Waals surface area contributed by atoms with E-state index in [1.807, 2.05) is 6.08 Å². The van der Waals surface area contributed by atoms with Crippen LogP contribution in [0.1, 0.15) is 146 Å². The molecule has 11 unspecified atom stereocenters. The third-order valence-corrected chi connectivity index (χ3v) is 34.2. The summed E-state index contributed by atoms with van der Waals surface area (Å²) in [5.74, 6) is -0.522. The number of hydrogen-bond donors (Lipinski definition) is 1. The van der Waals surface area contributed by atoms with E-state index in [0.29, 0.717) is 51.6 Å². The van der Waals surface area contributed by atoms with Gasteiger partial charge >= 0.3 is 0 Å². The SMILES string of the molecule is C=CC[C@H](O)CC1[C@H](CC2OC(CCC3OC(CCC45C[C@H]6O[C@H]7C(O4)C(O[Si](CC)(CC)CC)[C@H](CC=C)O[C@H]7C6O5)CC3=C)CC(C)C2=C)O[C@H](CC(CO[Si](CC)(CC)CC)O[Si](CC)(CC)CC)[C@@H]1OC. The van der Waals surface area contributed by atoms with Gasteiger partial charge in [-0.05, 0) is 123 Å². The number of methoxy groups -OCH3 is 1. The van der Waals surface area contributed by atoms with Crippen LogP contribution in [0, 0.1) is 11.8 Å². The van der Waals surface area contributed by atoms with Crippen molar-refractivity contribution < 1.29 is 56.3 Å². The molecule has 12 nitrogen and oxygen atoms in total. The van der Waals surface area contributed by atoms with Crippen molar-refractivity contribution in [3.63, 3.8) is 0 Å². The maximum atomic E-state index is 11.3. The van der Waals surface area contributed by atoms with Crippen molar-refractivity contribution in [3.05, 3.63) is 49.6 Å². The van der Waals surface area contributed by atoms with E-state index >= 15 is 0 Å². The van der Waals surface area contributed by atoms with Crippen LogP contribution in [0.3, 0.4) is 0 Å². The van der Waals surface area contributed by atoms with Crippen LogP contribution in [0.25, 0.3) is 0 Å². The van der Waals surface area contributed by atoms with Crippen LogP contribution in [-0.2, 0) is 51.2 Å². The number of hydrogen-bond acceptors (Lipinski definition) is 12. The summed E-state index contributed by atoms with van der Waals surface area (Å²) < 4.78 is 76.9. The number of rotatable bonds is 33. The number of ether oxygens (including phenoxy) is 8. The monoisotopic (exact) mass is 1100 g/mol. The fourth-order valence-electron chi connectivity index (χ4n) is 14.6. The molecule has 8 rings (SSSR count). The maximum absolute atomic E-state index is 11.3.